The maximum atomic E-state index is 5.45. The van der Waals surface area contributed by atoms with E-state index < -0.39 is 0 Å². The molecule has 0 saturated heterocycles. The summed E-state index contributed by atoms with van der Waals surface area (Å²) in [5.74, 6) is 10.0. The van der Waals surface area contributed by atoms with E-state index in [1.54, 1.807) is 25.6 Å². The second-order valence-electron chi connectivity index (χ2n) is 6.96. The molecule has 144 valence electrons. The highest BCUT2D eigenvalue weighted by Gasteiger charge is 2.18. The summed E-state index contributed by atoms with van der Waals surface area (Å²) in [6.07, 6.45) is 2.50. The van der Waals surface area contributed by atoms with Gasteiger partial charge in [-0.2, -0.15) is 0 Å². The van der Waals surface area contributed by atoms with Crippen LogP contribution in [0.3, 0.4) is 0 Å². The average Bonchev–Trinajstić information content (AvgIpc) is 3.40. The molecule has 0 bridgehead atoms. The predicted molar refractivity (Wildman–Crippen MR) is 113 cm³/mol. The van der Waals surface area contributed by atoms with Crippen molar-refractivity contribution < 1.29 is 9.47 Å². The zero-order valence-corrected chi connectivity index (χ0v) is 17.3. The molecule has 1 aliphatic carbocycles. The Morgan fingerprint density at radius 1 is 1.14 bits per heavy atom. The summed E-state index contributed by atoms with van der Waals surface area (Å²) >= 11 is 1.73. The molecule has 2 heterocycles. The van der Waals surface area contributed by atoms with Gasteiger partial charge in [-0.05, 0) is 44.9 Å². The molecule has 4 rings (SSSR count). The van der Waals surface area contributed by atoms with Gasteiger partial charge in [-0.15, -0.1) is 11.3 Å². The van der Waals surface area contributed by atoms with E-state index in [-0.39, 0.29) is 6.04 Å². The second kappa shape index (κ2) is 7.69. The number of aromatic nitrogens is 2. The highest BCUT2D eigenvalue weighted by Crippen LogP contribution is 2.35. The van der Waals surface area contributed by atoms with Crippen LogP contribution in [0.4, 0.5) is 5.82 Å². The van der Waals surface area contributed by atoms with Gasteiger partial charge in [-0.1, -0.05) is 11.8 Å². The van der Waals surface area contributed by atoms with Crippen molar-refractivity contribution in [2.75, 3.05) is 19.5 Å². The number of aryl methyl sites for hydroxylation is 1. The highest BCUT2D eigenvalue weighted by atomic mass is 32.1. The van der Waals surface area contributed by atoms with Gasteiger partial charge in [0.05, 0.1) is 30.7 Å². The lowest BCUT2D eigenvalue weighted by Gasteiger charge is -2.16. The third kappa shape index (κ3) is 3.90. The zero-order valence-electron chi connectivity index (χ0n) is 16.5. The van der Waals surface area contributed by atoms with Crippen molar-refractivity contribution in [3.05, 3.63) is 39.8 Å². The quantitative estimate of drug-likeness (QED) is 0.622. The molecule has 1 unspecified atom stereocenters. The monoisotopic (exact) mass is 393 g/mol. The Kier molecular flexibility index (Phi) is 5.10. The van der Waals surface area contributed by atoms with Gasteiger partial charge >= 0.3 is 0 Å². The van der Waals surface area contributed by atoms with E-state index in [0.717, 1.165) is 21.6 Å². The van der Waals surface area contributed by atoms with Crippen LogP contribution in [0.25, 0.3) is 10.9 Å². The maximum absolute atomic E-state index is 5.45. The summed E-state index contributed by atoms with van der Waals surface area (Å²) in [5, 5.41) is 4.44. The highest BCUT2D eigenvalue weighted by molar-refractivity contribution is 7.12. The first-order valence-corrected chi connectivity index (χ1v) is 10.2. The van der Waals surface area contributed by atoms with Crippen LogP contribution in [0.1, 0.15) is 41.4 Å². The molecule has 1 aliphatic rings. The first-order chi connectivity index (χ1) is 13.6. The molecule has 0 spiro atoms. The van der Waals surface area contributed by atoms with E-state index in [2.05, 4.69) is 46.2 Å². The summed E-state index contributed by atoms with van der Waals surface area (Å²) < 4.78 is 10.9. The minimum Gasteiger partial charge on any atom is -0.493 e. The minimum absolute atomic E-state index is 0.104. The van der Waals surface area contributed by atoms with Gasteiger partial charge in [0.25, 0.3) is 0 Å². The molecular weight excluding hydrogens is 370 g/mol. The molecule has 1 aromatic carbocycles. The average molecular weight is 394 g/mol. The van der Waals surface area contributed by atoms with Crippen LogP contribution in [-0.4, -0.2) is 24.2 Å². The number of hydrogen-bond acceptors (Lipinski definition) is 6. The van der Waals surface area contributed by atoms with Crippen molar-refractivity contribution in [3.8, 4) is 23.3 Å². The van der Waals surface area contributed by atoms with Gasteiger partial charge in [0.1, 0.15) is 11.6 Å². The van der Waals surface area contributed by atoms with Crippen LogP contribution in [0.2, 0.25) is 0 Å². The van der Waals surface area contributed by atoms with Crippen molar-refractivity contribution in [2.45, 2.75) is 32.7 Å². The van der Waals surface area contributed by atoms with Gasteiger partial charge in [-0.3, -0.25) is 0 Å². The number of rotatable bonds is 5. The van der Waals surface area contributed by atoms with Gasteiger partial charge in [0.2, 0.25) is 0 Å². The van der Waals surface area contributed by atoms with Crippen LogP contribution < -0.4 is 14.8 Å². The number of benzene rings is 1. The smallest absolute Gasteiger partial charge is 0.162 e. The standard InChI is InChI=1S/C22H23N3O2S/c1-13(21-10-9-16(28-21)8-7-15-5-6-15)23-22-17-11-19(26-3)20(27-4)12-18(17)24-14(2)25-22/h9-13,15H,5-6H2,1-4H3,(H,23,24,25). The Morgan fingerprint density at radius 2 is 1.89 bits per heavy atom. The van der Waals surface area contributed by atoms with Gasteiger partial charge < -0.3 is 14.8 Å². The molecular formula is C22H23N3O2S. The van der Waals surface area contributed by atoms with Crippen molar-refractivity contribution in [1.29, 1.82) is 0 Å². The third-order valence-corrected chi connectivity index (χ3v) is 5.88. The Balaban J connectivity index is 1.64. The van der Waals surface area contributed by atoms with E-state index in [4.69, 9.17) is 9.47 Å². The van der Waals surface area contributed by atoms with E-state index in [1.807, 2.05) is 19.1 Å². The number of anilines is 1. The first kappa shape index (κ1) is 18.6. The molecule has 1 saturated carbocycles. The second-order valence-corrected chi connectivity index (χ2v) is 8.07. The largest absolute Gasteiger partial charge is 0.493 e. The molecule has 2 aromatic heterocycles. The fraction of sp³-hybridized carbons (Fsp3) is 0.364. The normalized spacial score (nSPS) is 14.3. The van der Waals surface area contributed by atoms with Crippen LogP contribution in [0.5, 0.6) is 11.5 Å². The van der Waals surface area contributed by atoms with Gasteiger partial charge in [0.15, 0.2) is 11.5 Å². The molecule has 5 nitrogen and oxygen atoms in total. The molecule has 0 aliphatic heterocycles. The molecule has 1 fully saturated rings. The summed E-state index contributed by atoms with van der Waals surface area (Å²) in [6.45, 7) is 4.02. The fourth-order valence-corrected chi connectivity index (χ4v) is 3.88. The van der Waals surface area contributed by atoms with Crippen molar-refractivity contribution >= 4 is 28.1 Å². The lowest BCUT2D eigenvalue weighted by atomic mass is 10.2. The fourth-order valence-electron chi connectivity index (χ4n) is 3.01. The minimum atomic E-state index is 0.104. The summed E-state index contributed by atoms with van der Waals surface area (Å²) in [4.78, 5) is 11.5. The third-order valence-electron chi connectivity index (χ3n) is 4.70. The van der Waals surface area contributed by atoms with E-state index in [0.29, 0.717) is 23.2 Å². The number of methoxy groups -OCH3 is 2. The molecule has 3 aromatic rings. The number of thiophene rings is 1. The van der Waals surface area contributed by atoms with Gasteiger partial charge in [0, 0.05) is 22.2 Å². The number of nitrogens with one attached hydrogen (secondary N) is 1. The van der Waals surface area contributed by atoms with Gasteiger partial charge in [-0.25, -0.2) is 9.97 Å². The van der Waals surface area contributed by atoms with Crippen molar-refractivity contribution in [3.63, 3.8) is 0 Å². The maximum Gasteiger partial charge on any atom is 0.162 e. The lowest BCUT2D eigenvalue weighted by Crippen LogP contribution is -2.08. The predicted octanol–water partition coefficient (Wildman–Crippen LogP) is 4.95. The molecule has 1 N–H and O–H groups in total. The van der Waals surface area contributed by atoms with E-state index >= 15 is 0 Å². The van der Waals surface area contributed by atoms with Crippen molar-refractivity contribution in [1.82, 2.24) is 9.97 Å². The lowest BCUT2D eigenvalue weighted by molar-refractivity contribution is 0.356. The topological polar surface area (TPSA) is 56.3 Å². The van der Waals surface area contributed by atoms with Crippen LogP contribution in [0.15, 0.2) is 24.3 Å². The number of hydrogen-bond donors (Lipinski definition) is 1. The Morgan fingerprint density at radius 3 is 2.61 bits per heavy atom. The summed E-state index contributed by atoms with van der Waals surface area (Å²) in [6, 6.07) is 8.15. The number of fused-ring (bicyclic) bond motifs is 1. The molecule has 0 amide bonds. The number of nitrogens with zero attached hydrogens (tertiary/aromatic N) is 2. The molecule has 0 radical (unpaired) electrons. The van der Waals surface area contributed by atoms with Crippen LogP contribution in [-0.2, 0) is 0 Å². The first-order valence-electron chi connectivity index (χ1n) is 9.35. The van der Waals surface area contributed by atoms with E-state index in [1.165, 1.54) is 17.7 Å². The Bertz CT molecular complexity index is 1080. The zero-order chi connectivity index (χ0) is 19.7. The SMILES string of the molecule is COc1cc2nc(C)nc(NC(C)c3ccc(C#CC4CC4)s3)c2cc1OC. The molecule has 28 heavy (non-hydrogen) atoms. The molecule has 1 atom stereocenters. The van der Waals surface area contributed by atoms with Crippen LogP contribution in [0, 0.1) is 24.7 Å². The van der Waals surface area contributed by atoms with Crippen molar-refractivity contribution in [2.24, 2.45) is 5.92 Å². The van der Waals surface area contributed by atoms with Crippen LogP contribution >= 0.6 is 11.3 Å². The molecule has 6 heteroatoms. The summed E-state index contributed by atoms with van der Waals surface area (Å²) in [7, 11) is 3.25. The Hall–Kier alpha value is -2.78. The Labute approximate surface area is 169 Å². The van der Waals surface area contributed by atoms with E-state index in [9.17, 15) is 0 Å². The number of ether oxygens (including phenoxy) is 2. The summed E-state index contributed by atoms with van der Waals surface area (Å²) in [5.41, 5.74) is 0.821.